The second-order valence-electron chi connectivity index (χ2n) is 8.78. The Balaban J connectivity index is 1.55. The number of carbonyl (C=O) groups is 1. The monoisotopic (exact) mass is 512 g/mol. The number of Topliss-reactive ketones (excluding diaryl/α,β-unsaturated/α-hetero) is 1. The van der Waals surface area contributed by atoms with E-state index < -0.39 is 0 Å². The van der Waals surface area contributed by atoms with Gasteiger partial charge in [0, 0.05) is 33.5 Å². The number of nitro benzene ring substituents is 1. The highest BCUT2D eigenvalue weighted by Crippen LogP contribution is 2.58. The van der Waals surface area contributed by atoms with Crippen molar-refractivity contribution in [1.29, 1.82) is 0 Å². The van der Waals surface area contributed by atoms with Gasteiger partial charge < -0.3 is 5.32 Å². The van der Waals surface area contributed by atoms with Gasteiger partial charge in [0.25, 0.3) is 5.69 Å². The third-order valence-corrected chi connectivity index (χ3v) is 9.15. The molecular formula is C26H22Cl2N2O3S. The third-order valence-electron chi connectivity index (χ3n) is 6.79. The molecular weight excluding hydrogens is 491 g/mol. The Bertz CT molecular complexity index is 1270. The molecule has 0 amide bonds. The highest BCUT2D eigenvalue weighted by Gasteiger charge is 2.50. The second-order valence-corrected chi connectivity index (χ2v) is 11.0. The highest BCUT2D eigenvalue weighted by atomic mass is 35.5. The van der Waals surface area contributed by atoms with Gasteiger partial charge >= 0.3 is 0 Å². The number of nitro groups is 1. The van der Waals surface area contributed by atoms with Crippen molar-refractivity contribution in [3.8, 4) is 0 Å². The minimum absolute atomic E-state index is 0.00170. The number of anilines is 1. The van der Waals surface area contributed by atoms with Gasteiger partial charge in [-0.1, -0.05) is 35.9 Å². The molecule has 3 aromatic carbocycles. The number of benzene rings is 3. The Kier molecular flexibility index (Phi) is 6.32. The number of halogens is 2. The first kappa shape index (κ1) is 23.2. The number of fused-ring (bicyclic) bond motifs is 3. The van der Waals surface area contributed by atoms with Crippen molar-refractivity contribution in [2.45, 2.75) is 40.8 Å². The fourth-order valence-corrected chi connectivity index (χ4v) is 7.28. The van der Waals surface area contributed by atoms with E-state index in [0.29, 0.717) is 15.5 Å². The van der Waals surface area contributed by atoms with Gasteiger partial charge in [-0.15, -0.1) is 23.4 Å². The molecule has 1 saturated carbocycles. The molecule has 0 unspecified atom stereocenters. The maximum Gasteiger partial charge on any atom is 0.282 e. The molecule has 1 fully saturated rings. The van der Waals surface area contributed by atoms with E-state index in [0.717, 1.165) is 23.2 Å². The van der Waals surface area contributed by atoms with Crippen LogP contribution in [0.4, 0.5) is 11.4 Å². The number of nitrogens with zero attached hydrogens (tertiary/aromatic N) is 1. The van der Waals surface area contributed by atoms with E-state index in [2.05, 4.69) is 5.32 Å². The summed E-state index contributed by atoms with van der Waals surface area (Å²) >= 11 is 14.8. The van der Waals surface area contributed by atoms with E-state index in [1.54, 1.807) is 19.1 Å². The molecule has 34 heavy (non-hydrogen) atoms. The van der Waals surface area contributed by atoms with E-state index in [-0.39, 0.29) is 44.9 Å². The number of rotatable bonds is 5. The summed E-state index contributed by atoms with van der Waals surface area (Å²) in [6, 6.07) is 20.4. The van der Waals surface area contributed by atoms with Crippen molar-refractivity contribution in [1.82, 2.24) is 0 Å². The van der Waals surface area contributed by atoms with Crippen LogP contribution in [0.3, 0.4) is 0 Å². The highest BCUT2D eigenvalue weighted by molar-refractivity contribution is 8.00. The maximum absolute atomic E-state index is 12.1. The van der Waals surface area contributed by atoms with Crippen LogP contribution in [0.5, 0.6) is 0 Å². The van der Waals surface area contributed by atoms with Crippen molar-refractivity contribution in [3.05, 3.63) is 98.6 Å². The lowest BCUT2D eigenvalue weighted by atomic mass is 9.76. The van der Waals surface area contributed by atoms with Gasteiger partial charge in [-0.25, -0.2) is 0 Å². The van der Waals surface area contributed by atoms with E-state index in [1.165, 1.54) is 17.8 Å². The summed E-state index contributed by atoms with van der Waals surface area (Å²) in [5, 5.41) is 15.6. The van der Waals surface area contributed by atoms with Gasteiger partial charge in [0.2, 0.25) is 0 Å². The van der Waals surface area contributed by atoms with Crippen molar-refractivity contribution in [2.24, 2.45) is 5.92 Å². The number of hydrogen-bond donors (Lipinski definition) is 1. The molecule has 1 heterocycles. The minimum atomic E-state index is -0.347. The van der Waals surface area contributed by atoms with Crippen molar-refractivity contribution >= 4 is 52.1 Å². The molecule has 0 spiro atoms. The van der Waals surface area contributed by atoms with Crippen LogP contribution >= 0.6 is 35.0 Å². The summed E-state index contributed by atoms with van der Waals surface area (Å²) in [7, 11) is 0. The molecule has 0 radical (unpaired) electrons. The largest absolute Gasteiger partial charge is 0.378 e. The summed E-state index contributed by atoms with van der Waals surface area (Å²) < 4.78 is 0. The zero-order chi connectivity index (χ0) is 24.0. The Morgan fingerprint density at radius 2 is 1.85 bits per heavy atom. The van der Waals surface area contributed by atoms with E-state index in [9.17, 15) is 14.9 Å². The van der Waals surface area contributed by atoms with Gasteiger partial charge in [0.1, 0.15) is 0 Å². The molecule has 0 bridgehead atoms. The minimum Gasteiger partial charge on any atom is -0.378 e. The van der Waals surface area contributed by atoms with Crippen LogP contribution in [0.25, 0.3) is 0 Å². The first-order valence-corrected chi connectivity index (χ1v) is 12.7. The molecule has 1 aliphatic carbocycles. The van der Waals surface area contributed by atoms with Crippen LogP contribution in [0.15, 0.2) is 71.6 Å². The van der Waals surface area contributed by atoms with Gasteiger partial charge in [-0.3, -0.25) is 14.9 Å². The molecule has 1 N–H and O–H groups in total. The maximum atomic E-state index is 12.1. The quantitative estimate of drug-likeness (QED) is 0.166. The van der Waals surface area contributed by atoms with Gasteiger partial charge in [0.15, 0.2) is 5.78 Å². The van der Waals surface area contributed by atoms with Crippen LogP contribution in [-0.4, -0.2) is 21.3 Å². The summed E-state index contributed by atoms with van der Waals surface area (Å²) in [6.07, 6.45) is 0.777. The fourth-order valence-electron chi connectivity index (χ4n) is 5.21. The van der Waals surface area contributed by atoms with E-state index in [1.807, 2.05) is 48.5 Å². The standard InChI is InChI=1S/C26H22Cl2N2O3S/c1-14(31)16-8-11-20-18(12-16)24-19(26(29-20)15-6-9-17(27)10-7-15)13-23(25(24)28)34-22-5-3-2-4-21(22)30(32)33/h2-12,19,23-26,29H,13H2,1H3/t19-,23-,24+,25-,26-/m1/s1. The molecule has 174 valence electrons. The molecule has 5 rings (SSSR count). The van der Waals surface area contributed by atoms with Crippen LogP contribution < -0.4 is 5.32 Å². The van der Waals surface area contributed by atoms with Crippen LogP contribution in [0.1, 0.15) is 46.8 Å². The number of nitrogens with one attached hydrogen (secondary N) is 1. The third kappa shape index (κ3) is 4.19. The van der Waals surface area contributed by atoms with Crippen LogP contribution in [0.2, 0.25) is 5.02 Å². The number of para-hydroxylation sites is 1. The summed E-state index contributed by atoms with van der Waals surface area (Å²) in [5.74, 6) is 0.158. The Labute approximate surface area is 212 Å². The molecule has 5 atom stereocenters. The lowest BCUT2D eigenvalue weighted by Crippen LogP contribution is -2.31. The molecule has 8 heteroatoms. The number of thioether (sulfide) groups is 1. The van der Waals surface area contributed by atoms with E-state index in [4.69, 9.17) is 23.2 Å². The smallest absolute Gasteiger partial charge is 0.282 e. The van der Waals surface area contributed by atoms with Gasteiger partial charge in [-0.05, 0) is 66.8 Å². The molecule has 5 nitrogen and oxygen atoms in total. The molecule has 1 aliphatic heterocycles. The van der Waals surface area contributed by atoms with Gasteiger partial charge in [-0.2, -0.15) is 0 Å². The average molecular weight is 513 g/mol. The number of ketones is 1. The first-order chi connectivity index (χ1) is 16.3. The lowest BCUT2D eigenvalue weighted by molar-refractivity contribution is -0.387. The normalized spacial score (nSPS) is 25.2. The topological polar surface area (TPSA) is 72.2 Å². The summed E-state index contributed by atoms with van der Waals surface area (Å²) in [6.45, 7) is 1.56. The van der Waals surface area contributed by atoms with Crippen LogP contribution in [-0.2, 0) is 0 Å². The van der Waals surface area contributed by atoms with E-state index >= 15 is 0 Å². The molecule has 0 saturated heterocycles. The van der Waals surface area contributed by atoms with Gasteiger partial charge in [0.05, 0.1) is 21.2 Å². The van der Waals surface area contributed by atoms with Crippen molar-refractivity contribution in [3.63, 3.8) is 0 Å². The number of hydrogen-bond acceptors (Lipinski definition) is 5. The first-order valence-electron chi connectivity index (χ1n) is 11.0. The zero-order valence-electron chi connectivity index (χ0n) is 18.3. The Morgan fingerprint density at radius 1 is 1.12 bits per heavy atom. The number of alkyl halides is 1. The average Bonchev–Trinajstić information content (AvgIpc) is 3.15. The Morgan fingerprint density at radius 3 is 2.56 bits per heavy atom. The lowest BCUT2D eigenvalue weighted by Gasteiger charge is -2.38. The number of carbonyl (C=O) groups excluding carboxylic acids is 1. The van der Waals surface area contributed by atoms with Crippen molar-refractivity contribution < 1.29 is 9.72 Å². The molecule has 2 aliphatic rings. The molecule has 0 aromatic heterocycles. The second kappa shape index (κ2) is 9.25. The summed E-state index contributed by atoms with van der Waals surface area (Å²) in [5.41, 5.74) is 3.86. The fraction of sp³-hybridized carbons (Fsp3) is 0.269. The Hall–Kier alpha value is -2.54. The van der Waals surface area contributed by atoms with Crippen molar-refractivity contribution in [2.75, 3.05) is 5.32 Å². The SMILES string of the molecule is CC(=O)c1ccc2c(c1)[C@@H]1[C@H](Cl)[C@H](Sc3ccccc3[N+](=O)[O-])C[C@H]1[C@@H](c1ccc(Cl)cc1)N2. The zero-order valence-corrected chi connectivity index (χ0v) is 20.6. The summed E-state index contributed by atoms with van der Waals surface area (Å²) in [4.78, 5) is 23.9. The predicted molar refractivity (Wildman–Crippen MR) is 137 cm³/mol. The molecule has 3 aromatic rings. The predicted octanol–water partition coefficient (Wildman–Crippen LogP) is 7.49. The van der Waals surface area contributed by atoms with Crippen LogP contribution in [0, 0.1) is 16.0 Å².